The maximum absolute atomic E-state index is 12.4. The Labute approximate surface area is 148 Å². The summed E-state index contributed by atoms with van der Waals surface area (Å²) < 4.78 is 2.16. The minimum absolute atomic E-state index is 0.235. The van der Waals surface area contributed by atoms with Crippen molar-refractivity contribution in [2.24, 2.45) is 11.3 Å². The van der Waals surface area contributed by atoms with Crippen molar-refractivity contribution in [1.82, 2.24) is 20.2 Å². The van der Waals surface area contributed by atoms with E-state index in [0.717, 1.165) is 51.1 Å². The van der Waals surface area contributed by atoms with Crippen LogP contribution in [0, 0.1) is 11.3 Å². The van der Waals surface area contributed by atoms with Crippen molar-refractivity contribution in [2.75, 3.05) is 19.6 Å². The van der Waals surface area contributed by atoms with Crippen LogP contribution in [0.4, 0.5) is 0 Å². The van der Waals surface area contributed by atoms with Crippen LogP contribution in [-0.4, -0.2) is 35.1 Å². The third-order valence-corrected chi connectivity index (χ3v) is 5.75. The number of nitrogens with zero attached hydrogens (tertiary/aromatic N) is 2. The molecule has 132 valence electrons. The van der Waals surface area contributed by atoms with Crippen LogP contribution >= 0.6 is 0 Å². The molecule has 1 aromatic heterocycles. The van der Waals surface area contributed by atoms with Gasteiger partial charge in [0, 0.05) is 37.8 Å². The number of rotatable bonds is 6. The fraction of sp³-hybridized carbons (Fsp3) is 0.500. The maximum Gasteiger partial charge on any atom is 0.223 e. The molecule has 1 spiro atoms. The van der Waals surface area contributed by atoms with Gasteiger partial charge in [0.15, 0.2) is 0 Å². The average molecular weight is 338 g/mol. The van der Waals surface area contributed by atoms with E-state index in [9.17, 15) is 4.79 Å². The van der Waals surface area contributed by atoms with Crippen LogP contribution in [0.1, 0.15) is 30.7 Å². The van der Waals surface area contributed by atoms with Crippen LogP contribution in [-0.2, 0) is 17.8 Å². The summed E-state index contributed by atoms with van der Waals surface area (Å²) >= 11 is 0. The first kappa shape index (κ1) is 16.3. The molecule has 1 amide bonds. The van der Waals surface area contributed by atoms with Crippen LogP contribution < -0.4 is 10.6 Å². The molecule has 1 aromatic carbocycles. The van der Waals surface area contributed by atoms with E-state index in [0.29, 0.717) is 12.0 Å². The van der Waals surface area contributed by atoms with Crippen LogP contribution in [0.25, 0.3) is 0 Å². The minimum Gasteiger partial charge on any atom is -0.355 e. The number of hydrogen-bond donors (Lipinski definition) is 2. The Bertz CT molecular complexity index is 718. The fourth-order valence-electron chi connectivity index (χ4n) is 4.11. The Morgan fingerprint density at radius 1 is 1.28 bits per heavy atom. The van der Waals surface area contributed by atoms with Crippen molar-refractivity contribution in [3.05, 3.63) is 54.1 Å². The molecule has 2 heterocycles. The second-order valence-electron chi connectivity index (χ2n) is 7.37. The molecule has 1 saturated heterocycles. The summed E-state index contributed by atoms with van der Waals surface area (Å²) in [5.74, 6) is 1.50. The summed E-state index contributed by atoms with van der Waals surface area (Å²) in [7, 11) is 0. The molecule has 25 heavy (non-hydrogen) atoms. The molecule has 1 saturated carbocycles. The number of piperidine rings is 1. The van der Waals surface area contributed by atoms with Crippen LogP contribution in [0.15, 0.2) is 42.7 Å². The lowest BCUT2D eigenvalue weighted by Crippen LogP contribution is -2.34. The topological polar surface area (TPSA) is 59.0 Å². The quantitative estimate of drug-likeness (QED) is 0.847. The number of aromatic nitrogens is 2. The van der Waals surface area contributed by atoms with Gasteiger partial charge in [0.2, 0.25) is 5.91 Å². The number of imidazole rings is 1. The Balaban J connectivity index is 1.27. The summed E-state index contributed by atoms with van der Waals surface area (Å²) in [6.45, 7) is 3.60. The highest BCUT2D eigenvalue weighted by Gasteiger charge is 2.57. The van der Waals surface area contributed by atoms with Gasteiger partial charge in [-0.3, -0.25) is 4.79 Å². The lowest BCUT2D eigenvalue weighted by molar-refractivity contribution is -0.123. The molecule has 1 unspecified atom stereocenters. The van der Waals surface area contributed by atoms with E-state index < -0.39 is 0 Å². The number of hydrogen-bond acceptors (Lipinski definition) is 3. The summed E-state index contributed by atoms with van der Waals surface area (Å²) in [6.07, 6.45) is 7.98. The van der Waals surface area contributed by atoms with E-state index in [4.69, 9.17) is 0 Å². The first-order valence-electron chi connectivity index (χ1n) is 9.29. The lowest BCUT2D eigenvalue weighted by Gasteiger charge is -2.23. The van der Waals surface area contributed by atoms with Crippen LogP contribution in [0.3, 0.4) is 0 Å². The zero-order chi connectivity index (χ0) is 17.1. The molecule has 5 nitrogen and oxygen atoms in total. The predicted octanol–water partition coefficient (Wildman–Crippen LogP) is 1.98. The van der Waals surface area contributed by atoms with Crippen LogP contribution in [0.5, 0.6) is 0 Å². The molecule has 0 radical (unpaired) electrons. The molecule has 2 aromatic rings. The van der Waals surface area contributed by atoms with Gasteiger partial charge < -0.3 is 15.2 Å². The number of nitrogens with one attached hydrogen (secondary N) is 2. The summed E-state index contributed by atoms with van der Waals surface area (Å²) in [4.78, 5) is 16.9. The molecule has 4 rings (SSSR count). The molecule has 5 heteroatoms. The van der Waals surface area contributed by atoms with E-state index in [1.807, 2.05) is 18.5 Å². The second-order valence-corrected chi connectivity index (χ2v) is 7.37. The summed E-state index contributed by atoms with van der Waals surface area (Å²) in [5, 5.41) is 6.52. The van der Waals surface area contributed by atoms with Gasteiger partial charge in [-0.2, -0.15) is 0 Å². The standard InChI is InChI=1S/C20H26N4O/c25-19(17-14-20(17)7-10-21-11-8-20)23-9-6-18-22-12-13-24(18)15-16-4-2-1-3-5-16/h1-5,12-13,17,21H,6-11,14-15H2,(H,23,25). The van der Waals surface area contributed by atoms with Gasteiger partial charge in [-0.05, 0) is 43.3 Å². The molecule has 2 N–H and O–H groups in total. The molecular weight excluding hydrogens is 312 g/mol. The van der Waals surface area contributed by atoms with Gasteiger partial charge in [-0.1, -0.05) is 30.3 Å². The number of amides is 1. The Morgan fingerprint density at radius 3 is 2.88 bits per heavy atom. The first-order chi connectivity index (χ1) is 12.3. The van der Waals surface area contributed by atoms with Gasteiger partial charge in [0.1, 0.15) is 5.82 Å². The first-order valence-corrected chi connectivity index (χ1v) is 9.29. The van der Waals surface area contributed by atoms with Crippen molar-refractivity contribution in [2.45, 2.75) is 32.2 Å². The Kier molecular flexibility index (Phi) is 4.57. The monoisotopic (exact) mass is 338 g/mol. The zero-order valence-corrected chi connectivity index (χ0v) is 14.6. The van der Waals surface area contributed by atoms with Gasteiger partial charge in [0.05, 0.1) is 0 Å². The Hall–Kier alpha value is -2.14. The SMILES string of the molecule is O=C(NCCc1nccn1Cc1ccccc1)C1CC12CCNCC2. The van der Waals surface area contributed by atoms with Crippen molar-refractivity contribution < 1.29 is 4.79 Å². The molecule has 2 fully saturated rings. The second kappa shape index (κ2) is 7.00. The van der Waals surface area contributed by atoms with Gasteiger partial charge >= 0.3 is 0 Å². The highest BCUT2D eigenvalue weighted by Crippen LogP contribution is 2.58. The van der Waals surface area contributed by atoms with E-state index in [2.05, 4.69) is 44.5 Å². The molecule has 1 atom stereocenters. The van der Waals surface area contributed by atoms with E-state index in [1.54, 1.807) is 0 Å². The molecular formula is C20H26N4O. The number of carbonyl (C=O) groups is 1. The zero-order valence-electron chi connectivity index (χ0n) is 14.6. The van der Waals surface area contributed by atoms with Gasteiger partial charge in [-0.25, -0.2) is 4.98 Å². The van der Waals surface area contributed by atoms with Crippen LogP contribution in [0.2, 0.25) is 0 Å². The van der Waals surface area contributed by atoms with E-state index >= 15 is 0 Å². The molecule has 1 aliphatic carbocycles. The van der Waals surface area contributed by atoms with Crippen molar-refractivity contribution >= 4 is 5.91 Å². The van der Waals surface area contributed by atoms with Gasteiger partial charge in [0.25, 0.3) is 0 Å². The van der Waals surface area contributed by atoms with Crippen molar-refractivity contribution in [1.29, 1.82) is 0 Å². The highest BCUT2D eigenvalue weighted by atomic mass is 16.2. The minimum atomic E-state index is 0.235. The fourth-order valence-corrected chi connectivity index (χ4v) is 4.11. The maximum atomic E-state index is 12.4. The molecule has 0 bridgehead atoms. The van der Waals surface area contributed by atoms with Crippen molar-refractivity contribution in [3.8, 4) is 0 Å². The number of benzene rings is 1. The van der Waals surface area contributed by atoms with E-state index in [-0.39, 0.29) is 11.8 Å². The van der Waals surface area contributed by atoms with Gasteiger partial charge in [-0.15, -0.1) is 0 Å². The predicted molar refractivity (Wildman–Crippen MR) is 97.1 cm³/mol. The largest absolute Gasteiger partial charge is 0.355 e. The Morgan fingerprint density at radius 2 is 2.08 bits per heavy atom. The van der Waals surface area contributed by atoms with Crippen molar-refractivity contribution in [3.63, 3.8) is 0 Å². The smallest absolute Gasteiger partial charge is 0.223 e. The third-order valence-electron chi connectivity index (χ3n) is 5.75. The summed E-state index contributed by atoms with van der Waals surface area (Å²) in [5.41, 5.74) is 1.57. The summed E-state index contributed by atoms with van der Waals surface area (Å²) in [6, 6.07) is 10.4. The lowest BCUT2D eigenvalue weighted by atomic mass is 9.92. The highest BCUT2D eigenvalue weighted by molar-refractivity contribution is 5.82. The molecule has 2 aliphatic rings. The van der Waals surface area contributed by atoms with E-state index in [1.165, 1.54) is 5.56 Å². The average Bonchev–Trinajstić information content (AvgIpc) is 3.15. The number of carbonyl (C=O) groups excluding carboxylic acids is 1. The third kappa shape index (κ3) is 3.61. The molecule has 1 aliphatic heterocycles. The normalized spacial score (nSPS) is 21.2.